The molecule has 3 rings (SSSR count). The van der Waals surface area contributed by atoms with Gasteiger partial charge in [-0.1, -0.05) is 58.7 Å². The van der Waals surface area contributed by atoms with E-state index in [0.717, 1.165) is 5.56 Å². The number of likely N-dealkylation sites (N-methyl/N-ethyl adjacent to an activating group) is 1. The van der Waals surface area contributed by atoms with E-state index in [1.807, 2.05) is 44.3 Å². The van der Waals surface area contributed by atoms with E-state index < -0.39 is 6.10 Å². The third kappa shape index (κ3) is 4.55. The van der Waals surface area contributed by atoms with Crippen LogP contribution in [-0.2, 0) is 6.42 Å². The quantitative estimate of drug-likeness (QED) is 0.632. The molecule has 0 saturated carbocycles. The van der Waals surface area contributed by atoms with Crippen molar-refractivity contribution in [2.24, 2.45) is 0 Å². The molecule has 2 aromatic carbocycles. The van der Waals surface area contributed by atoms with E-state index >= 15 is 0 Å². The highest BCUT2D eigenvalue weighted by atomic mass is 35.5. The Balaban J connectivity index is 1.93. The number of rotatable bonds is 7. The standard InChI is InChI=1S/C19H19Cl2N3O2/c1-12(22-2)10-17-23-19(26-24-17)18(13-6-4-3-5-7-13)25-16-11-14(20)8-9-15(16)21/h3-9,11-12,18,22H,10H2,1-2H3. The predicted molar refractivity (Wildman–Crippen MR) is 102 cm³/mol. The third-order valence-electron chi connectivity index (χ3n) is 3.93. The van der Waals surface area contributed by atoms with Gasteiger partial charge in [0.25, 0.3) is 5.89 Å². The number of ether oxygens (including phenoxy) is 1. The maximum Gasteiger partial charge on any atom is 0.272 e. The van der Waals surface area contributed by atoms with Gasteiger partial charge in [0.15, 0.2) is 5.82 Å². The van der Waals surface area contributed by atoms with Crippen LogP contribution in [0.1, 0.15) is 30.3 Å². The Morgan fingerprint density at radius 2 is 1.92 bits per heavy atom. The van der Waals surface area contributed by atoms with Crippen LogP contribution in [0.2, 0.25) is 10.0 Å². The molecule has 26 heavy (non-hydrogen) atoms. The molecule has 0 spiro atoms. The lowest BCUT2D eigenvalue weighted by molar-refractivity contribution is 0.193. The lowest BCUT2D eigenvalue weighted by Crippen LogP contribution is -2.24. The summed E-state index contributed by atoms with van der Waals surface area (Å²) in [6.07, 6.45) is 0.0673. The van der Waals surface area contributed by atoms with Crippen LogP contribution in [0.3, 0.4) is 0 Å². The van der Waals surface area contributed by atoms with Crippen molar-refractivity contribution in [3.05, 3.63) is 75.9 Å². The van der Waals surface area contributed by atoms with E-state index in [9.17, 15) is 0 Å². The minimum atomic E-state index is -0.585. The Labute approximate surface area is 162 Å². The number of benzene rings is 2. The highest BCUT2D eigenvalue weighted by Gasteiger charge is 2.24. The summed E-state index contributed by atoms with van der Waals surface area (Å²) in [5.74, 6) is 1.44. The van der Waals surface area contributed by atoms with Crippen molar-refractivity contribution in [2.45, 2.75) is 25.5 Å². The summed E-state index contributed by atoms with van der Waals surface area (Å²) < 4.78 is 11.6. The molecule has 0 amide bonds. The highest BCUT2D eigenvalue weighted by molar-refractivity contribution is 6.34. The van der Waals surface area contributed by atoms with Crippen molar-refractivity contribution < 1.29 is 9.26 Å². The first-order chi connectivity index (χ1) is 12.6. The fourth-order valence-corrected chi connectivity index (χ4v) is 2.74. The summed E-state index contributed by atoms with van der Waals surface area (Å²) in [5.41, 5.74) is 0.875. The maximum atomic E-state index is 6.25. The first-order valence-electron chi connectivity index (χ1n) is 8.23. The van der Waals surface area contributed by atoms with Gasteiger partial charge in [-0.25, -0.2) is 0 Å². The van der Waals surface area contributed by atoms with Crippen LogP contribution in [-0.4, -0.2) is 23.2 Å². The van der Waals surface area contributed by atoms with E-state index in [4.69, 9.17) is 32.5 Å². The zero-order chi connectivity index (χ0) is 18.5. The predicted octanol–water partition coefficient (Wildman–Crippen LogP) is 4.70. The Morgan fingerprint density at radius 3 is 2.65 bits per heavy atom. The Hall–Kier alpha value is -2.08. The largest absolute Gasteiger partial charge is 0.474 e. The molecular formula is C19H19Cl2N3O2. The fourth-order valence-electron chi connectivity index (χ4n) is 2.42. The molecule has 0 aliphatic heterocycles. The molecule has 1 aromatic heterocycles. The molecule has 1 N–H and O–H groups in total. The number of nitrogens with one attached hydrogen (secondary N) is 1. The Bertz CT molecular complexity index is 855. The highest BCUT2D eigenvalue weighted by Crippen LogP contribution is 2.34. The van der Waals surface area contributed by atoms with Gasteiger partial charge in [0.05, 0.1) is 5.02 Å². The van der Waals surface area contributed by atoms with Crippen LogP contribution in [0.5, 0.6) is 5.75 Å². The summed E-state index contributed by atoms with van der Waals surface area (Å²) in [6.45, 7) is 2.05. The van der Waals surface area contributed by atoms with Crippen LogP contribution < -0.4 is 10.1 Å². The van der Waals surface area contributed by atoms with Crippen LogP contribution in [0.15, 0.2) is 53.1 Å². The van der Waals surface area contributed by atoms with Crippen molar-refractivity contribution in [1.29, 1.82) is 0 Å². The fraction of sp³-hybridized carbons (Fsp3) is 0.263. The van der Waals surface area contributed by atoms with Crippen LogP contribution in [0.25, 0.3) is 0 Å². The molecule has 0 radical (unpaired) electrons. The van der Waals surface area contributed by atoms with Gasteiger partial charge in [-0.3, -0.25) is 0 Å². The van der Waals surface area contributed by atoms with Gasteiger partial charge in [-0.15, -0.1) is 0 Å². The molecule has 0 aliphatic carbocycles. The minimum absolute atomic E-state index is 0.235. The van der Waals surface area contributed by atoms with Crippen LogP contribution in [0, 0.1) is 0 Å². The molecule has 136 valence electrons. The lowest BCUT2D eigenvalue weighted by atomic mass is 10.1. The van der Waals surface area contributed by atoms with Crippen molar-refractivity contribution in [3.63, 3.8) is 0 Å². The summed E-state index contributed by atoms with van der Waals surface area (Å²) in [6, 6.07) is 14.9. The third-order valence-corrected chi connectivity index (χ3v) is 4.48. The van der Waals surface area contributed by atoms with Gasteiger partial charge in [-0.05, 0) is 26.1 Å². The van der Waals surface area contributed by atoms with Crippen molar-refractivity contribution in [1.82, 2.24) is 15.5 Å². The molecule has 0 aliphatic rings. The summed E-state index contributed by atoms with van der Waals surface area (Å²) in [4.78, 5) is 4.50. The van der Waals surface area contributed by atoms with Crippen molar-refractivity contribution in [3.8, 4) is 5.75 Å². The number of hydrogen-bond acceptors (Lipinski definition) is 5. The van der Waals surface area contributed by atoms with Gasteiger partial charge in [0.1, 0.15) is 5.75 Å². The van der Waals surface area contributed by atoms with Gasteiger partial charge in [-0.2, -0.15) is 4.98 Å². The van der Waals surface area contributed by atoms with E-state index in [1.54, 1.807) is 18.2 Å². The molecule has 2 unspecified atom stereocenters. The normalized spacial score (nSPS) is 13.4. The minimum Gasteiger partial charge on any atom is -0.474 e. The van der Waals surface area contributed by atoms with Gasteiger partial charge in [0, 0.05) is 29.1 Å². The maximum absolute atomic E-state index is 6.25. The van der Waals surface area contributed by atoms with Crippen molar-refractivity contribution >= 4 is 23.2 Å². The second-order valence-corrected chi connectivity index (χ2v) is 6.77. The van der Waals surface area contributed by atoms with Crippen LogP contribution >= 0.6 is 23.2 Å². The molecule has 1 heterocycles. The average Bonchev–Trinajstić information content (AvgIpc) is 3.11. The Kier molecular flexibility index (Phi) is 6.14. The smallest absolute Gasteiger partial charge is 0.272 e. The molecular weight excluding hydrogens is 373 g/mol. The van der Waals surface area contributed by atoms with E-state index in [-0.39, 0.29) is 6.04 Å². The number of hydrogen-bond donors (Lipinski definition) is 1. The number of nitrogens with zero attached hydrogens (tertiary/aromatic N) is 2. The van der Waals surface area contributed by atoms with E-state index in [0.29, 0.717) is 33.9 Å². The molecule has 0 fully saturated rings. The first kappa shape index (κ1) is 18.7. The summed E-state index contributed by atoms with van der Waals surface area (Å²) in [7, 11) is 1.89. The average molecular weight is 392 g/mol. The Morgan fingerprint density at radius 1 is 1.15 bits per heavy atom. The topological polar surface area (TPSA) is 60.2 Å². The zero-order valence-electron chi connectivity index (χ0n) is 14.4. The summed E-state index contributed by atoms with van der Waals surface area (Å²) >= 11 is 12.3. The molecule has 3 aromatic rings. The van der Waals surface area contributed by atoms with E-state index in [1.165, 1.54) is 0 Å². The molecule has 0 bridgehead atoms. The monoisotopic (exact) mass is 391 g/mol. The van der Waals surface area contributed by atoms with Gasteiger partial charge in [0.2, 0.25) is 6.10 Å². The van der Waals surface area contributed by atoms with Gasteiger partial charge >= 0.3 is 0 Å². The van der Waals surface area contributed by atoms with Crippen molar-refractivity contribution in [2.75, 3.05) is 7.05 Å². The summed E-state index contributed by atoms with van der Waals surface area (Å²) in [5, 5.41) is 8.21. The number of halogens is 2. The molecule has 5 nitrogen and oxygen atoms in total. The molecule has 0 saturated heterocycles. The molecule has 7 heteroatoms. The van der Waals surface area contributed by atoms with Crippen LogP contribution in [0.4, 0.5) is 0 Å². The zero-order valence-corrected chi connectivity index (χ0v) is 16.0. The molecule has 2 atom stereocenters. The number of aromatic nitrogens is 2. The second-order valence-electron chi connectivity index (χ2n) is 5.93. The SMILES string of the molecule is CNC(C)Cc1noc(C(Oc2cc(Cl)ccc2Cl)c2ccccc2)n1. The van der Waals surface area contributed by atoms with Gasteiger partial charge < -0.3 is 14.6 Å². The first-order valence-corrected chi connectivity index (χ1v) is 8.99. The lowest BCUT2D eigenvalue weighted by Gasteiger charge is -2.17. The van der Waals surface area contributed by atoms with E-state index in [2.05, 4.69) is 15.5 Å². The second kappa shape index (κ2) is 8.54.